The number of carboxylic acid groups (broad SMARTS) is 2. The van der Waals surface area contributed by atoms with Crippen LogP contribution in [0.1, 0.15) is 23.0 Å². The van der Waals surface area contributed by atoms with Gasteiger partial charge in [-0.3, -0.25) is 0 Å². The third-order valence-electron chi connectivity index (χ3n) is 3.00. The van der Waals surface area contributed by atoms with E-state index in [2.05, 4.69) is 41.9 Å². The number of aryl methyl sites for hydroxylation is 1. The molecule has 0 fully saturated rings. The maximum absolute atomic E-state index is 9.10. The van der Waals surface area contributed by atoms with E-state index >= 15 is 0 Å². The molecule has 6 nitrogen and oxygen atoms in total. The van der Waals surface area contributed by atoms with E-state index < -0.39 is 11.9 Å². The Morgan fingerprint density at radius 2 is 1.79 bits per heavy atom. The normalized spacial score (nSPS) is 11.1. The van der Waals surface area contributed by atoms with Gasteiger partial charge in [-0.2, -0.15) is 0 Å². The van der Waals surface area contributed by atoms with Gasteiger partial charge < -0.3 is 20.3 Å². The average molecular weight is 351 g/mol. The monoisotopic (exact) mass is 351 g/mol. The summed E-state index contributed by atoms with van der Waals surface area (Å²) in [4.78, 5) is 19.5. The number of hydrogen-bond acceptors (Lipinski definition) is 5. The zero-order valence-electron chi connectivity index (χ0n) is 13.6. The van der Waals surface area contributed by atoms with Crippen LogP contribution >= 0.6 is 11.3 Å². The molecule has 2 rings (SSSR count). The summed E-state index contributed by atoms with van der Waals surface area (Å²) < 4.78 is 6.09. The third-order valence-corrected chi connectivity index (χ3v) is 3.96. The molecule has 1 aromatic heterocycles. The van der Waals surface area contributed by atoms with Crippen molar-refractivity contribution in [3.8, 4) is 5.75 Å². The lowest BCUT2D eigenvalue weighted by atomic mass is 10.2. The van der Waals surface area contributed by atoms with E-state index in [0.29, 0.717) is 0 Å². The molecule has 0 bridgehead atoms. The minimum absolute atomic E-state index is 0.139. The highest BCUT2D eigenvalue weighted by Gasteiger charge is 2.13. The molecular formula is C17H21NO5S. The fourth-order valence-electron chi connectivity index (χ4n) is 1.79. The number of thiophene rings is 1. The fourth-order valence-corrected chi connectivity index (χ4v) is 2.58. The lowest BCUT2D eigenvalue weighted by molar-refractivity contribution is -0.159. The number of benzene rings is 1. The molecule has 2 aromatic rings. The molecular weight excluding hydrogens is 330 g/mol. The molecule has 0 amide bonds. The molecule has 0 aliphatic heterocycles. The Labute approximate surface area is 144 Å². The van der Waals surface area contributed by atoms with Crippen LogP contribution < -0.4 is 10.1 Å². The van der Waals surface area contributed by atoms with E-state index in [1.807, 2.05) is 19.2 Å². The third kappa shape index (κ3) is 7.26. The molecule has 1 unspecified atom stereocenters. The smallest absolute Gasteiger partial charge is 0.414 e. The van der Waals surface area contributed by atoms with Gasteiger partial charge in [0, 0.05) is 11.3 Å². The second-order valence-corrected chi connectivity index (χ2v) is 5.92. The van der Waals surface area contributed by atoms with E-state index in [1.165, 1.54) is 10.4 Å². The lowest BCUT2D eigenvalue weighted by Crippen LogP contribution is -2.15. The number of rotatable bonds is 6. The zero-order valence-corrected chi connectivity index (χ0v) is 14.4. The van der Waals surface area contributed by atoms with Crippen molar-refractivity contribution in [1.29, 1.82) is 0 Å². The van der Waals surface area contributed by atoms with Gasteiger partial charge in [-0.15, -0.1) is 11.3 Å². The summed E-state index contributed by atoms with van der Waals surface area (Å²) in [5, 5.41) is 20.1. The van der Waals surface area contributed by atoms with Crippen LogP contribution in [0, 0.1) is 6.92 Å². The summed E-state index contributed by atoms with van der Waals surface area (Å²) in [6.07, 6.45) is 1.12. The molecule has 0 radical (unpaired) electrons. The van der Waals surface area contributed by atoms with Crippen LogP contribution in [-0.4, -0.2) is 35.7 Å². The Hall–Kier alpha value is -2.38. The summed E-state index contributed by atoms with van der Waals surface area (Å²) in [7, 11) is 1.97. The molecule has 0 aliphatic rings. The molecule has 7 heteroatoms. The maximum Gasteiger partial charge on any atom is 0.414 e. The van der Waals surface area contributed by atoms with Gasteiger partial charge in [0.05, 0.1) is 0 Å². The van der Waals surface area contributed by atoms with E-state index in [0.717, 1.165) is 18.7 Å². The Morgan fingerprint density at radius 3 is 2.25 bits per heavy atom. The maximum atomic E-state index is 9.10. The van der Waals surface area contributed by atoms with Gasteiger partial charge in [-0.25, -0.2) is 9.59 Å². The van der Waals surface area contributed by atoms with E-state index in [-0.39, 0.29) is 6.10 Å². The van der Waals surface area contributed by atoms with Crippen LogP contribution in [0.4, 0.5) is 0 Å². The number of aliphatic carboxylic acids is 2. The zero-order chi connectivity index (χ0) is 17.9. The summed E-state index contributed by atoms with van der Waals surface area (Å²) >= 11 is 1.75. The fraction of sp³-hybridized carbons (Fsp3) is 0.294. The minimum atomic E-state index is -1.82. The first-order chi connectivity index (χ1) is 11.4. The highest BCUT2D eigenvalue weighted by Crippen LogP contribution is 2.27. The Kier molecular flexibility index (Phi) is 8.53. The largest absolute Gasteiger partial charge is 0.485 e. The summed E-state index contributed by atoms with van der Waals surface area (Å²) in [6, 6.07) is 12.5. The SMILES string of the molecule is CNCCC(Oc1ccc(C)cc1)c1cccs1.O=C(O)C(=O)O. The summed E-state index contributed by atoms with van der Waals surface area (Å²) in [5.41, 5.74) is 1.25. The predicted octanol–water partition coefficient (Wildman–Crippen LogP) is 2.94. The van der Waals surface area contributed by atoms with Crippen LogP contribution in [-0.2, 0) is 9.59 Å². The molecule has 0 saturated carbocycles. The molecule has 1 heterocycles. The first-order valence-corrected chi connectivity index (χ1v) is 8.19. The van der Waals surface area contributed by atoms with Crippen molar-refractivity contribution in [3.63, 3.8) is 0 Å². The van der Waals surface area contributed by atoms with Crippen LogP contribution in [0.2, 0.25) is 0 Å². The first kappa shape index (κ1) is 19.7. The van der Waals surface area contributed by atoms with Crippen molar-refractivity contribution in [2.75, 3.05) is 13.6 Å². The van der Waals surface area contributed by atoms with Crippen molar-refractivity contribution in [3.05, 3.63) is 52.2 Å². The standard InChI is InChI=1S/C15H19NOS.C2H2O4/c1-12-5-7-13(8-6-12)17-14(9-10-16-2)15-4-3-11-18-15;3-1(4)2(5)6/h3-8,11,14,16H,9-10H2,1-2H3;(H,3,4)(H,5,6). The highest BCUT2D eigenvalue weighted by atomic mass is 32.1. The molecule has 1 atom stereocenters. The molecule has 0 aliphatic carbocycles. The number of carbonyl (C=O) groups is 2. The van der Waals surface area contributed by atoms with E-state index in [4.69, 9.17) is 24.5 Å². The van der Waals surface area contributed by atoms with Crippen molar-refractivity contribution in [2.24, 2.45) is 0 Å². The van der Waals surface area contributed by atoms with Gasteiger partial charge in [0.25, 0.3) is 0 Å². The first-order valence-electron chi connectivity index (χ1n) is 7.31. The number of ether oxygens (including phenoxy) is 1. The Morgan fingerprint density at radius 1 is 1.17 bits per heavy atom. The van der Waals surface area contributed by atoms with Crippen molar-refractivity contribution in [2.45, 2.75) is 19.4 Å². The lowest BCUT2D eigenvalue weighted by Gasteiger charge is -2.18. The van der Waals surface area contributed by atoms with Gasteiger partial charge in [0.15, 0.2) is 0 Å². The van der Waals surface area contributed by atoms with E-state index in [1.54, 1.807) is 11.3 Å². The van der Waals surface area contributed by atoms with Crippen LogP contribution in [0.3, 0.4) is 0 Å². The van der Waals surface area contributed by atoms with Crippen LogP contribution in [0.25, 0.3) is 0 Å². The highest BCUT2D eigenvalue weighted by molar-refractivity contribution is 7.10. The summed E-state index contributed by atoms with van der Waals surface area (Å²) in [5.74, 6) is -2.71. The molecule has 1 aromatic carbocycles. The van der Waals surface area contributed by atoms with Gasteiger partial charge in [0.1, 0.15) is 11.9 Å². The number of hydrogen-bond donors (Lipinski definition) is 3. The minimum Gasteiger partial charge on any atom is -0.485 e. The van der Waals surface area contributed by atoms with Gasteiger partial charge in [-0.1, -0.05) is 23.8 Å². The molecule has 0 spiro atoms. The Balaban J connectivity index is 0.000000413. The molecule has 24 heavy (non-hydrogen) atoms. The van der Waals surface area contributed by atoms with E-state index in [9.17, 15) is 0 Å². The van der Waals surface area contributed by atoms with Gasteiger partial charge >= 0.3 is 11.9 Å². The number of carboxylic acids is 2. The van der Waals surface area contributed by atoms with Crippen LogP contribution in [0.5, 0.6) is 5.75 Å². The predicted molar refractivity (Wildman–Crippen MR) is 92.7 cm³/mol. The molecule has 130 valence electrons. The van der Waals surface area contributed by atoms with Gasteiger partial charge in [0.2, 0.25) is 0 Å². The molecule has 0 saturated heterocycles. The topological polar surface area (TPSA) is 95.9 Å². The average Bonchev–Trinajstić information content (AvgIpc) is 3.08. The van der Waals surface area contributed by atoms with Crippen molar-refractivity contribution >= 4 is 23.3 Å². The van der Waals surface area contributed by atoms with Crippen molar-refractivity contribution < 1.29 is 24.5 Å². The second-order valence-electron chi connectivity index (χ2n) is 4.94. The summed E-state index contributed by atoms with van der Waals surface area (Å²) in [6.45, 7) is 3.04. The Bertz CT molecular complexity index is 613. The second kappa shape index (κ2) is 10.4. The quantitative estimate of drug-likeness (QED) is 0.693. The van der Waals surface area contributed by atoms with Crippen molar-refractivity contribution in [1.82, 2.24) is 5.32 Å². The number of nitrogens with one attached hydrogen (secondary N) is 1. The van der Waals surface area contributed by atoms with Gasteiger partial charge in [-0.05, 0) is 44.1 Å². The van der Waals surface area contributed by atoms with Crippen LogP contribution in [0.15, 0.2) is 41.8 Å². The molecule has 3 N–H and O–H groups in total.